The van der Waals surface area contributed by atoms with Crippen LogP contribution in [-0.4, -0.2) is 0 Å². The van der Waals surface area contributed by atoms with Gasteiger partial charge in [0.1, 0.15) is 5.83 Å². The number of hydrogen-bond acceptors (Lipinski definition) is 0. The van der Waals surface area contributed by atoms with E-state index in [1.165, 1.54) is 23.3 Å². The molecule has 0 saturated heterocycles. The quantitative estimate of drug-likeness (QED) is 0.620. The van der Waals surface area contributed by atoms with Crippen LogP contribution in [0.1, 0.15) is 31.4 Å². The Hall–Kier alpha value is -1.63. The highest BCUT2D eigenvalue weighted by molar-refractivity contribution is 5.71. The van der Waals surface area contributed by atoms with Gasteiger partial charge in [-0.3, -0.25) is 0 Å². The fourth-order valence-electron chi connectivity index (χ4n) is 1.74. The highest BCUT2D eigenvalue weighted by Gasteiger charge is 2.04. The van der Waals surface area contributed by atoms with Crippen molar-refractivity contribution >= 4 is 5.57 Å². The second kappa shape index (κ2) is 6.85. The SMILES string of the molecule is CC.Cc1ccccc1C1=CC=C(F)C=CC1. The van der Waals surface area contributed by atoms with Gasteiger partial charge in [0.25, 0.3) is 0 Å². The van der Waals surface area contributed by atoms with Gasteiger partial charge in [0.05, 0.1) is 0 Å². The largest absolute Gasteiger partial charge is 0.207 e. The molecule has 0 heterocycles. The van der Waals surface area contributed by atoms with Gasteiger partial charge >= 0.3 is 0 Å². The molecule has 0 nitrogen and oxygen atoms in total. The van der Waals surface area contributed by atoms with Crippen LogP contribution in [-0.2, 0) is 0 Å². The summed E-state index contributed by atoms with van der Waals surface area (Å²) in [5.41, 5.74) is 3.60. The molecule has 17 heavy (non-hydrogen) atoms. The Bertz CT molecular complexity index is 450. The van der Waals surface area contributed by atoms with E-state index in [9.17, 15) is 4.39 Å². The Labute approximate surface area is 103 Å². The molecule has 1 aliphatic rings. The van der Waals surface area contributed by atoms with Crippen LogP contribution >= 0.6 is 0 Å². The van der Waals surface area contributed by atoms with Crippen LogP contribution in [0, 0.1) is 6.92 Å². The Morgan fingerprint density at radius 1 is 1.06 bits per heavy atom. The van der Waals surface area contributed by atoms with Gasteiger partial charge in [0, 0.05) is 0 Å². The molecule has 0 aromatic heterocycles. The van der Waals surface area contributed by atoms with Crippen LogP contribution in [0.2, 0.25) is 0 Å². The zero-order valence-corrected chi connectivity index (χ0v) is 10.7. The molecule has 1 heteroatoms. The number of allylic oxidation sites excluding steroid dienone is 6. The minimum atomic E-state index is -0.182. The van der Waals surface area contributed by atoms with E-state index in [-0.39, 0.29) is 5.83 Å². The van der Waals surface area contributed by atoms with Crippen LogP contribution in [0.15, 0.2) is 54.4 Å². The third-order valence-corrected chi connectivity index (χ3v) is 2.55. The van der Waals surface area contributed by atoms with E-state index >= 15 is 0 Å². The fourth-order valence-corrected chi connectivity index (χ4v) is 1.74. The first kappa shape index (κ1) is 13.4. The molecule has 0 N–H and O–H groups in total. The average molecular weight is 230 g/mol. The maximum absolute atomic E-state index is 13.0. The minimum absolute atomic E-state index is 0.182. The summed E-state index contributed by atoms with van der Waals surface area (Å²) in [6, 6.07) is 8.18. The zero-order chi connectivity index (χ0) is 12.7. The molecule has 0 radical (unpaired) electrons. The third kappa shape index (κ3) is 3.70. The summed E-state index contributed by atoms with van der Waals surface area (Å²) in [5, 5.41) is 0. The molecule has 0 fully saturated rings. The third-order valence-electron chi connectivity index (χ3n) is 2.55. The van der Waals surface area contributed by atoms with Crippen molar-refractivity contribution in [3.05, 3.63) is 65.5 Å². The summed E-state index contributed by atoms with van der Waals surface area (Å²) in [6.07, 6.45) is 7.54. The predicted octanol–water partition coefficient (Wildman–Crippen LogP) is 5.22. The van der Waals surface area contributed by atoms with Crippen LogP contribution in [0.25, 0.3) is 5.57 Å². The van der Waals surface area contributed by atoms with E-state index in [2.05, 4.69) is 19.1 Å². The maximum atomic E-state index is 13.0. The number of aryl methyl sites for hydroxylation is 1. The smallest absolute Gasteiger partial charge is 0.122 e. The predicted molar refractivity (Wildman–Crippen MR) is 73.5 cm³/mol. The summed E-state index contributed by atoms with van der Waals surface area (Å²) < 4.78 is 13.0. The topological polar surface area (TPSA) is 0 Å². The Kier molecular flexibility index (Phi) is 5.41. The highest BCUT2D eigenvalue weighted by Crippen LogP contribution is 2.24. The number of halogens is 1. The van der Waals surface area contributed by atoms with Gasteiger partial charge in [-0.05, 0) is 42.2 Å². The Morgan fingerprint density at radius 3 is 2.47 bits per heavy atom. The van der Waals surface area contributed by atoms with Gasteiger partial charge < -0.3 is 0 Å². The van der Waals surface area contributed by atoms with Crippen molar-refractivity contribution in [2.75, 3.05) is 0 Å². The number of rotatable bonds is 1. The van der Waals surface area contributed by atoms with E-state index in [0.717, 1.165) is 12.0 Å². The van der Waals surface area contributed by atoms with Crippen molar-refractivity contribution in [3.8, 4) is 0 Å². The first-order chi connectivity index (χ1) is 8.27. The lowest BCUT2D eigenvalue weighted by Crippen LogP contribution is -1.86. The summed E-state index contributed by atoms with van der Waals surface area (Å²) in [6.45, 7) is 6.07. The van der Waals surface area contributed by atoms with E-state index in [0.29, 0.717) is 0 Å². The van der Waals surface area contributed by atoms with Crippen molar-refractivity contribution in [1.29, 1.82) is 0 Å². The normalized spacial score (nSPS) is 14.1. The molecule has 0 spiro atoms. The monoisotopic (exact) mass is 230 g/mol. The molecule has 1 aromatic rings. The summed E-state index contributed by atoms with van der Waals surface area (Å²) in [4.78, 5) is 0. The van der Waals surface area contributed by atoms with Crippen LogP contribution in [0.3, 0.4) is 0 Å². The van der Waals surface area contributed by atoms with Gasteiger partial charge in [0.2, 0.25) is 0 Å². The molecule has 2 rings (SSSR count). The molecular formula is C16H19F. The van der Waals surface area contributed by atoms with Crippen molar-refractivity contribution < 1.29 is 4.39 Å². The standard InChI is InChI=1S/C14H13F.C2H6/c1-11-5-2-3-8-14(11)12-6-4-7-13(15)10-9-12;1-2/h2-5,7-10H,6H2,1H3;1-2H3. The van der Waals surface area contributed by atoms with Crippen LogP contribution < -0.4 is 0 Å². The van der Waals surface area contributed by atoms with Crippen LogP contribution in [0.5, 0.6) is 0 Å². The van der Waals surface area contributed by atoms with Crippen LogP contribution in [0.4, 0.5) is 4.39 Å². The Balaban J connectivity index is 0.000000686. The van der Waals surface area contributed by atoms with Gasteiger partial charge in [-0.25, -0.2) is 4.39 Å². The molecule has 0 unspecified atom stereocenters. The molecule has 90 valence electrons. The first-order valence-corrected chi connectivity index (χ1v) is 6.06. The molecule has 0 atom stereocenters. The minimum Gasteiger partial charge on any atom is -0.207 e. The summed E-state index contributed by atoms with van der Waals surface area (Å²) in [7, 11) is 0. The zero-order valence-electron chi connectivity index (χ0n) is 10.7. The molecule has 0 amide bonds. The molecule has 1 aliphatic carbocycles. The van der Waals surface area contributed by atoms with Gasteiger partial charge in [-0.2, -0.15) is 0 Å². The van der Waals surface area contributed by atoms with E-state index < -0.39 is 0 Å². The van der Waals surface area contributed by atoms with Crippen molar-refractivity contribution in [2.24, 2.45) is 0 Å². The van der Waals surface area contributed by atoms with Crippen molar-refractivity contribution in [1.82, 2.24) is 0 Å². The number of benzene rings is 1. The lowest BCUT2D eigenvalue weighted by atomic mass is 9.98. The van der Waals surface area contributed by atoms with Gasteiger partial charge in [0.15, 0.2) is 0 Å². The molecule has 0 aliphatic heterocycles. The lowest BCUT2D eigenvalue weighted by Gasteiger charge is -2.07. The number of hydrogen-bond donors (Lipinski definition) is 0. The molecule has 0 saturated carbocycles. The van der Waals surface area contributed by atoms with E-state index in [1.807, 2.05) is 38.1 Å². The van der Waals surface area contributed by atoms with Crippen molar-refractivity contribution in [2.45, 2.75) is 27.2 Å². The first-order valence-electron chi connectivity index (χ1n) is 6.06. The summed E-state index contributed by atoms with van der Waals surface area (Å²) >= 11 is 0. The van der Waals surface area contributed by atoms with E-state index in [4.69, 9.17) is 0 Å². The van der Waals surface area contributed by atoms with E-state index in [1.54, 1.807) is 0 Å². The maximum Gasteiger partial charge on any atom is 0.122 e. The highest BCUT2D eigenvalue weighted by atomic mass is 19.1. The van der Waals surface area contributed by atoms with Gasteiger partial charge in [-0.1, -0.05) is 50.3 Å². The molecular weight excluding hydrogens is 211 g/mol. The van der Waals surface area contributed by atoms with Crippen molar-refractivity contribution in [3.63, 3.8) is 0 Å². The summed E-state index contributed by atoms with van der Waals surface area (Å²) in [5.74, 6) is -0.182. The second-order valence-corrected chi connectivity index (χ2v) is 3.66. The second-order valence-electron chi connectivity index (χ2n) is 3.66. The molecule has 1 aromatic carbocycles. The Morgan fingerprint density at radius 2 is 1.76 bits per heavy atom. The average Bonchev–Trinajstić information content (AvgIpc) is 2.57. The molecule has 0 bridgehead atoms. The fraction of sp³-hybridized carbons (Fsp3) is 0.250. The van der Waals surface area contributed by atoms with Gasteiger partial charge in [-0.15, -0.1) is 0 Å². The lowest BCUT2D eigenvalue weighted by molar-refractivity contribution is 0.667.